The third-order valence-electron chi connectivity index (χ3n) is 1.61. The first-order valence-electron chi connectivity index (χ1n) is 3.61. The fraction of sp³-hybridized carbons (Fsp3) is 0. The zero-order valence-corrected chi connectivity index (χ0v) is 9.60. The second-order valence-corrected chi connectivity index (χ2v) is 4.92. The second-order valence-electron chi connectivity index (χ2n) is 2.52. The van der Waals surface area contributed by atoms with Gasteiger partial charge in [-0.15, -0.1) is 0 Å². The summed E-state index contributed by atoms with van der Waals surface area (Å²) in [6.45, 7) is 2.91. The molecule has 0 unspecified atom stereocenters. The van der Waals surface area contributed by atoms with E-state index in [2.05, 4.69) is 11.1 Å². The van der Waals surface area contributed by atoms with Crippen LogP contribution in [0.4, 0.5) is 0 Å². The van der Waals surface area contributed by atoms with Crippen molar-refractivity contribution in [2.24, 2.45) is 4.40 Å². The number of hydrogen-bond donors (Lipinski definition) is 0. The lowest BCUT2D eigenvalue weighted by molar-refractivity contribution is 0.108. The predicted molar refractivity (Wildman–Crippen MR) is 58.4 cm³/mol. The van der Waals surface area contributed by atoms with Gasteiger partial charge in [-0.25, -0.2) is 0 Å². The maximum atomic E-state index is 11.3. The molecule has 4 nitrogen and oxygen atoms in total. The van der Waals surface area contributed by atoms with Gasteiger partial charge in [-0.2, -0.15) is 12.8 Å². The third kappa shape index (κ3) is 2.56. The van der Waals surface area contributed by atoms with Crippen LogP contribution < -0.4 is 0 Å². The molecule has 0 amide bonds. The van der Waals surface area contributed by atoms with Crippen molar-refractivity contribution in [3.63, 3.8) is 0 Å². The molecule has 0 radical (unpaired) electrons. The summed E-state index contributed by atoms with van der Waals surface area (Å²) in [5.41, 5.74) is 0.0308. The van der Waals surface area contributed by atoms with E-state index >= 15 is 0 Å². The van der Waals surface area contributed by atoms with Crippen LogP contribution in [0, 0.1) is 0 Å². The summed E-state index contributed by atoms with van der Waals surface area (Å²) in [7, 11) is -3.91. The lowest BCUT2D eigenvalue weighted by atomic mass is 10.2. The van der Waals surface area contributed by atoms with Gasteiger partial charge in [-0.1, -0.05) is 11.6 Å². The van der Waals surface area contributed by atoms with Crippen LogP contribution in [-0.4, -0.2) is 20.4 Å². The fourth-order valence-electron chi connectivity index (χ4n) is 0.893. The highest BCUT2D eigenvalue weighted by molar-refractivity contribution is 7.90. The van der Waals surface area contributed by atoms with Gasteiger partial charge in [-0.05, 0) is 29.8 Å². The van der Waals surface area contributed by atoms with Gasteiger partial charge in [0.2, 0.25) is 0 Å². The molecule has 0 N–H and O–H groups in total. The number of nitrogens with zero attached hydrogens (tertiary/aromatic N) is 1. The lowest BCUT2D eigenvalue weighted by Crippen LogP contribution is -1.99. The summed E-state index contributed by atoms with van der Waals surface area (Å²) in [5.74, 6) is 0. The van der Waals surface area contributed by atoms with E-state index < -0.39 is 15.3 Å². The first kappa shape index (κ1) is 12.2. The summed E-state index contributed by atoms with van der Waals surface area (Å²) >= 11 is 10.8. The molecule has 0 saturated heterocycles. The van der Waals surface area contributed by atoms with Crippen LogP contribution >= 0.6 is 23.2 Å². The van der Waals surface area contributed by atoms with Crippen molar-refractivity contribution in [1.82, 2.24) is 0 Å². The van der Waals surface area contributed by atoms with Gasteiger partial charge in [-0.3, -0.25) is 4.79 Å². The molecule has 80 valence electrons. The Morgan fingerprint density at radius 3 is 2.47 bits per heavy atom. The Bertz CT molecular complexity index is 525. The molecule has 0 aromatic heterocycles. The van der Waals surface area contributed by atoms with E-state index in [9.17, 15) is 13.2 Å². The molecule has 0 fully saturated rings. The Morgan fingerprint density at radius 1 is 1.40 bits per heavy atom. The molecule has 0 atom stereocenters. The van der Waals surface area contributed by atoms with Crippen molar-refractivity contribution in [3.05, 3.63) is 28.8 Å². The molecular formula is C8H5Cl2NO3S. The van der Waals surface area contributed by atoms with Gasteiger partial charge in [0.15, 0.2) is 0 Å². The van der Waals surface area contributed by atoms with Crippen LogP contribution in [0.25, 0.3) is 0 Å². The zero-order chi connectivity index (χ0) is 11.6. The number of sulfonamides is 1. The smallest absolute Gasteiger partial charge is 0.276 e. The quantitative estimate of drug-likeness (QED) is 0.621. The molecule has 0 aliphatic carbocycles. The monoisotopic (exact) mass is 265 g/mol. The molecule has 0 aliphatic heterocycles. The molecule has 0 spiro atoms. The number of carbonyl (C=O) groups excluding carboxylic acids is 1. The van der Waals surface area contributed by atoms with Crippen LogP contribution in [0.2, 0.25) is 5.02 Å². The van der Waals surface area contributed by atoms with Gasteiger partial charge in [0, 0.05) is 12.3 Å². The molecule has 0 bridgehead atoms. The average molecular weight is 266 g/mol. The third-order valence-corrected chi connectivity index (χ3v) is 3.50. The van der Waals surface area contributed by atoms with Crippen LogP contribution in [0.3, 0.4) is 0 Å². The second kappa shape index (κ2) is 4.30. The van der Waals surface area contributed by atoms with Crippen LogP contribution in [0.1, 0.15) is 10.4 Å². The lowest BCUT2D eigenvalue weighted by Gasteiger charge is -2.02. The number of halogens is 2. The van der Waals surface area contributed by atoms with E-state index in [0.29, 0.717) is 0 Å². The van der Waals surface area contributed by atoms with E-state index in [0.717, 1.165) is 6.07 Å². The maximum absolute atomic E-state index is 11.3. The molecular weight excluding hydrogens is 261 g/mol. The standard InChI is InChI=1S/C8H5Cl2NO3S/c1-11-15(13,14)7-4-5(8(10)12)2-3-6(7)9/h2-4H,1H2. The summed E-state index contributed by atoms with van der Waals surface area (Å²) in [6.07, 6.45) is 0. The van der Waals surface area contributed by atoms with Gasteiger partial charge in [0.1, 0.15) is 4.90 Å². The summed E-state index contributed by atoms with van der Waals surface area (Å²) < 4.78 is 25.6. The average Bonchev–Trinajstić information content (AvgIpc) is 2.17. The molecule has 15 heavy (non-hydrogen) atoms. The van der Waals surface area contributed by atoms with E-state index in [1.807, 2.05) is 0 Å². The molecule has 0 aliphatic rings. The van der Waals surface area contributed by atoms with E-state index in [1.165, 1.54) is 12.1 Å². The SMILES string of the molecule is C=NS(=O)(=O)c1cc(C(=O)Cl)ccc1Cl. The number of hydrogen-bond acceptors (Lipinski definition) is 3. The minimum absolute atomic E-state index is 0.0308. The Balaban J connectivity index is 3.48. The minimum Gasteiger partial charge on any atom is -0.276 e. The van der Waals surface area contributed by atoms with Crippen molar-refractivity contribution in [2.45, 2.75) is 4.90 Å². The largest absolute Gasteiger partial charge is 0.283 e. The normalized spacial score (nSPS) is 11.1. The summed E-state index contributed by atoms with van der Waals surface area (Å²) in [4.78, 5) is 10.5. The summed E-state index contributed by atoms with van der Waals surface area (Å²) in [6, 6.07) is 3.64. The van der Waals surface area contributed by atoms with Crippen molar-refractivity contribution >= 4 is 45.2 Å². The first-order chi connectivity index (χ1) is 6.88. The van der Waals surface area contributed by atoms with Crippen LogP contribution in [0.5, 0.6) is 0 Å². The van der Waals surface area contributed by atoms with Gasteiger partial charge in [0.05, 0.1) is 5.02 Å². The zero-order valence-electron chi connectivity index (χ0n) is 7.28. The molecule has 0 heterocycles. The predicted octanol–water partition coefficient (Wildman–Crippen LogP) is 2.11. The molecule has 7 heteroatoms. The first-order valence-corrected chi connectivity index (χ1v) is 5.80. The van der Waals surface area contributed by atoms with E-state index in [1.54, 1.807) is 0 Å². The molecule has 1 rings (SSSR count). The van der Waals surface area contributed by atoms with Crippen molar-refractivity contribution < 1.29 is 13.2 Å². The van der Waals surface area contributed by atoms with Crippen molar-refractivity contribution in [1.29, 1.82) is 0 Å². The van der Waals surface area contributed by atoms with Crippen molar-refractivity contribution in [3.8, 4) is 0 Å². The van der Waals surface area contributed by atoms with Gasteiger partial charge < -0.3 is 0 Å². The topological polar surface area (TPSA) is 63.6 Å². The highest BCUT2D eigenvalue weighted by Gasteiger charge is 2.17. The highest BCUT2D eigenvalue weighted by Crippen LogP contribution is 2.24. The van der Waals surface area contributed by atoms with Gasteiger partial charge >= 0.3 is 0 Å². The van der Waals surface area contributed by atoms with Crippen LogP contribution in [0.15, 0.2) is 27.5 Å². The number of benzene rings is 1. The molecule has 1 aromatic carbocycles. The Labute approximate surface area is 96.6 Å². The van der Waals surface area contributed by atoms with Crippen LogP contribution in [-0.2, 0) is 10.0 Å². The maximum Gasteiger partial charge on any atom is 0.283 e. The number of carbonyl (C=O) groups is 1. The highest BCUT2D eigenvalue weighted by atomic mass is 35.5. The number of rotatable bonds is 3. The Morgan fingerprint density at radius 2 is 2.00 bits per heavy atom. The Kier molecular flexibility index (Phi) is 3.49. The Hall–Kier alpha value is -0.910. The fourth-order valence-corrected chi connectivity index (χ4v) is 2.15. The molecule has 0 saturated carbocycles. The summed E-state index contributed by atoms with van der Waals surface area (Å²) in [5, 5.41) is -0.809. The van der Waals surface area contributed by atoms with Gasteiger partial charge in [0.25, 0.3) is 15.3 Å². The van der Waals surface area contributed by atoms with E-state index in [-0.39, 0.29) is 15.5 Å². The van der Waals surface area contributed by atoms with E-state index in [4.69, 9.17) is 23.2 Å². The van der Waals surface area contributed by atoms with Crippen molar-refractivity contribution in [2.75, 3.05) is 0 Å². The molecule has 1 aromatic rings. The minimum atomic E-state index is -3.91.